The summed E-state index contributed by atoms with van der Waals surface area (Å²) in [6.07, 6.45) is 3.82. The van der Waals surface area contributed by atoms with Crippen molar-refractivity contribution in [2.45, 2.75) is 45.3 Å². The van der Waals surface area contributed by atoms with Gasteiger partial charge in [-0.25, -0.2) is 0 Å². The number of rotatable bonds is 6. The van der Waals surface area contributed by atoms with Crippen LogP contribution in [0.25, 0.3) is 0 Å². The first-order valence-corrected chi connectivity index (χ1v) is 8.46. The molecule has 0 amide bonds. The van der Waals surface area contributed by atoms with E-state index < -0.39 is 0 Å². The third-order valence-corrected chi connectivity index (χ3v) is 5.26. The average Bonchev–Trinajstić information content (AvgIpc) is 2.93. The summed E-state index contributed by atoms with van der Waals surface area (Å²) < 4.78 is 7.13. The van der Waals surface area contributed by atoms with Gasteiger partial charge in [0.1, 0.15) is 0 Å². The van der Waals surface area contributed by atoms with Crippen molar-refractivity contribution in [3.05, 3.63) is 20.8 Å². The van der Waals surface area contributed by atoms with Crippen molar-refractivity contribution >= 4 is 27.3 Å². The van der Waals surface area contributed by atoms with E-state index in [0.717, 1.165) is 19.6 Å². The predicted octanol–water partition coefficient (Wildman–Crippen LogP) is 3.85. The topological polar surface area (TPSA) is 21.3 Å². The molecule has 4 heteroatoms. The van der Waals surface area contributed by atoms with Crippen LogP contribution in [-0.4, -0.2) is 25.3 Å². The van der Waals surface area contributed by atoms with E-state index in [-0.39, 0.29) is 0 Å². The number of nitrogens with one attached hydrogen (secondary N) is 1. The molecule has 2 nitrogen and oxygen atoms in total. The molecule has 0 radical (unpaired) electrons. The zero-order valence-corrected chi connectivity index (χ0v) is 13.5. The van der Waals surface area contributed by atoms with E-state index in [0.29, 0.717) is 18.1 Å². The Labute approximate surface area is 122 Å². The van der Waals surface area contributed by atoms with Crippen LogP contribution in [0.2, 0.25) is 0 Å². The van der Waals surface area contributed by atoms with Crippen LogP contribution in [0.15, 0.2) is 15.9 Å². The molecule has 1 N–H and O–H groups in total. The number of ether oxygens (including phenoxy) is 1. The van der Waals surface area contributed by atoms with Gasteiger partial charge < -0.3 is 10.1 Å². The monoisotopic (exact) mass is 331 g/mol. The number of thiophene rings is 1. The molecule has 1 fully saturated rings. The first kappa shape index (κ1) is 14.5. The summed E-state index contributed by atoms with van der Waals surface area (Å²) in [7, 11) is 0. The lowest BCUT2D eigenvalue weighted by molar-refractivity contribution is 0.0612. The largest absolute Gasteiger partial charge is 0.376 e. The lowest BCUT2D eigenvalue weighted by Crippen LogP contribution is -2.44. The summed E-state index contributed by atoms with van der Waals surface area (Å²) in [6, 6.07) is 2.68. The van der Waals surface area contributed by atoms with Gasteiger partial charge in [-0.05, 0) is 53.7 Å². The van der Waals surface area contributed by atoms with Gasteiger partial charge in [-0.15, -0.1) is 11.3 Å². The fourth-order valence-electron chi connectivity index (χ4n) is 2.54. The van der Waals surface area contributed by atoms with E-state index in [9.17, 15) is 0 Å². The van der Waals surface area contributed by atoms with E-state index >= 15 is 0 Å². The first-order valence-electron chi connectivity index (χ1n) is 6.78. The molecule has 3 unspecified atom stereocenters. The van der Waals surface area contributed by atoms with Crippen molar-refractivity contribution in [1.29, 1.82) is 0 Å². The van der Waals surface area contributed by atoms with Crippen molar-refractivity contribution in [2.24, 2.45) is 5.92 Å². The minimum atomic E-state index is 0.373. The molecular weight excluding hydrogens is 310 g/mol. The van der Waals surface area contributed by atoms with Crippen LogP contribution in [0.1, 0.15) is 31.6 Å². The van der Waals surface area contributed by atoms with Gasteiger partial charge in [0, 0.05) is 27.4 Å². The van der Waals surface area contributed by atoms with Crippen molar-refractivity contribution < 1.29 is 4.74 Å². The van der Waals surface area contributed by atoms with E-state index in [1.165, 1.54) is 22.2 Å². The minimum absolute atomic E-state index is 0.373. The molecule has 3 atom stereocenters. The summed E-state index contributed by atoms with van der Waals surface area (Å²) in [4.78, 5) is 1.43. The maximum absolute atomic E-state index is 5.93. The fourth-order valence-corrected chi connectivity index (χ4v) is 4.05. The third kappa shape index (κ3) is 3.80. The van der Waals surface area contributed by atoms with Gasteiger partial charge in [0.2, 0.25) is 0 Å². The summed E-state index contributed by atoms with van der Waals surface area (Å²) in [6.45, 7) is 6.52. The molecule has 0 bridgehead atoms. The van der Waals surface area contributed by atoms with Crippen LogP contribution in [0, 0.1) is 5.92 Å². The summed E-state index contributed by atoms with van der Waals surface area (Å²) in [5.74, 6) is 0.669. The van der Waals surface area contributed by atoms with E-state index in [1.807, 2.05) is 11.3 Å². The molecule has 1 aliphatic rings. The Bertz CT molecular complexity index is 368. The summed E-state index contributed by atoms with van der Waals surface area (Å²) >= 11 is 5.36. The zero-order chi connectivity index (χ0) is 13.0. The van der Waals surface area contributed by atoms with E-state index in [2.05, 4.69) is 46.5 Å². The lowest BCUT2D eigenvalue weighted by Gasteiger charge is -2.27. The minimum Gasteiger partial charge on any atom is -0.376 e. The predicted molar refractivity (Wildman–Crippen MR) is 81.3 cm³/mol. The van der Waals surface area contributed by atoms with Gasteiger partial charge >= 0.3 is 0 Å². The molecule has 1 aliphatic heterocycles. The Morgan fingerprint density at radius 3 is 3.00 bits per heavy atom. The maximum Gasteiger partial charge on any atom is 0.0757 e. The van der Waals surface area contributed by atoms with Crippen LogP contribution >= 0.6 is 27.3 Å². The lowest BCUT2D eigenvalue weighted by atomic mass is 9.95. The molecular formula is C14H22BrNOS. The molecule has 0 aromatic carbocycles. The van der Waals surface area contributed by atoms with Gasteiger partial charge in [-0.3, -0.25) is 0 Å². The van der Waals surface area contributed by atoms with Crippen molar-refractivity contribution in [1.82, 2.24) is 5.32 Å². The van der Waals surface area contributed by atoms with Gasteiger partial charge in [-0.2, -0.15) is 0 Å². The fraction of sp³-hybridized carbons (Fsp3) is 0.714. The Hall–Kier alpha value is 0.1000. The average molecular weight is 332 g/mol. The van der Waals surface area contributed by atoms with E-state index in [4.69, 9.17) is 4.74 Å². The second kappa shape index (κ2) is 7.04. The molecule has 2 heterocycles. The molecule has 18 heavy (non-hydrogen) atoms. The standard InChI is InChI=1S/C14H22BrNOS/c1-3-5-16-13(14-10(2)4-6-17-14)8-12-7-11(15)9-18-12/h7,9-10,13-14,16H,3-6,8H2,1-2H3. The van der Waals surface area contributed by atoms with E-state index in [1.54, 1.807) is 0 Å². The highest BCUT2D eigenvalue weighted by molar-refractivity contribution is 9.10. The number of hydrogen-bond acceptors (Lipinski definition) is 3. The van der Waals surface area contributed by atoms with Gasteiger partial charge in [0.25, 0.3) is 0 Å². The van der Waals surface area contributed by atoms with Crippen molar-refractivity contribution in [2.75, 3.05) is 13.2 Å². The third-order valence-electron chi connectivity index (χ3n) is 3.54. The van der Waals surface area contributed by atoms with Gasteiger partial charge in [0.05, 0.1) is 6.10 Å². The van der Waals surface area contributed by atoms with Crippen LogP contribution in [0.3, 0.4) is 0 Å². The summed E-state index contributed by atoms with van der Waals surface area (Å²) in [5.41, 5.74) is 0. The van der Waals surface area contributed by atoms with Gasteiger partial charge in [0.15, 0.2) is 0 Å². The quantitative estimate of drug-likeness (QED) is 0.854. The first-order chi connectivity index (χ1) is 8.70. The zero-order valence-electron chi connectivity index (χ0n) is 11.1. The second-order valence-corrected chi connectivity index (χ2v) is 7.01. The Kier molecular flexibility index (Phi) is 5.67. The molecule has 0 aliphatic carbocycles. The van der Waals surface area contributed by atoms with Crippen LogP contribution in [0.5, 0.6) is 0 Å². The molecule has 1 saturated heterocycles. The second-order valence-electron chi connectivity index (χ2n) is 5.10. The van der Waals surface area contributed by atoms with Crippen molar-refractivity contribution in [3.63, 3.8) is 0 Å². The SMILES string of the molecule is CCCNC(Cc1cc(Br)cs1)C1OCCC1C. The molecule has 0 spiro atoms. The molecule has 0 saturated carbocycles. The summed E-state index contributed by atoms with van der Waals surface area (Å²) in [5, 5.41) is 5.82. The molecule has 1 aromatic heterocycles. The molecule has 1 aromatic rings. The van der Waals surface area contributed by atoms with Crippen LogP contribution < -0.4 is 5.32 Å². The highest BCUT2D eigenvalue weighted by Crippen LogP contribution is 2.27. The van der Waals surface area contributed by atoms with Crippen molar-refractivity contribution in [3.8, 4) is 0 Å². The van der Waals surface area contributed by atoms with Crippen LogP contribution in [-0.2, 0) is 11.2 Å². The van der Waals surface area contributed by atoms with Crippen LogP contribution in [0.4, 0.5) is 0 Å². The maximum atomic E-state index is 5.93. The molecule has 102 valence electrons. The Morgan fingerprint density at radius 2 is 2.44 bits per heavy atom. The number of hydrogen-bond donors (Lipinski definition) is 1. The highest BCUT2D eigenvalue weighted by atomic mass is 79.9. The Balaban J connectivity index is 2.00. The highest BCUT2D eigenvalue weighted by Gasteiger charge is 2.31. The Morgan fingerprint density at radius 1 is 1.61 bits per heavy atom. The smallest absolute Gasteiger partial charge is 0.0757 e. The van der Waals surface area contributed by atoms with Gasteiger partial charge in [-0.1, -0.05) is 13.8 Å². The normalized spacial score (nSPS) is 25.5. The molecule has 2 rings (SSSR count). The number of halogens is 1.